The second kappa shape index (κ2) is 7.88. The fraction of sp³-hybridized carbons (Fsp3) is 0.643. The lowest BCUT2D eigenvalue weighted by Gasteiger charge is -2.31. The third kappa shape index (κ3) is 4.20. The molecule has 0 fully saturated rings. The van der Waals surface area contributed by atoms with E-state index in [1.807, 2.05) is 6.07 Å². The van der Waals surface area contributed by atoms with Crippen molar-refractivity contribution in [2.24, 2.45) is 5.73 Å². The van der Waals surface area contributed by atoms with E-state index in [0.29, 0.717) is 6.54 Å². The molecule has 3 nitrogen and oxygen atoms in total. The Kier molecular flexibility index (Phi) is 7.64. The summed E-state index contributed by atoms with van der Waals surface area (Å²) in [4.78, 5) is 14.3. The van der Waals surface area contributed by atoms with Gasteiger partial charge in [-0.3, -0.25) is 4.79 Å². The van der Waals surface area contributed by atoms with Gasteiger partial charge in [0.2, 0.25) is 0 Å². The molecule has 0 unspecified atom stereocenters. The molecule has 5 heteroatoms. The van der Waals surface area contributed by atoms with Gasteiger partial charge < -0.3 is 11.1 Å². The predicted octanol–water partition coefficient (Wildman–Crippen LogP) is 3.29. The number of thiophene rings is 1. The summed E-state index contributed by atoms with van der Waals surface area (Å²) in [6.07, 6.45) is 2.70. The molecule has 19 heavy (non-hydrogen) atoms. The Morgan fingerprint density at radius 2 is 1.95 bits per heavy atom. The van der Waals surface area contributed by atoms with Gasteiger partial charge in [-0.2, -0.15) is 0 Å². The minimum atomic E-state index is -0.263. The van der Waals surface area contributed by atoms with E-state index >= 15 is 0 Å². The number of nitrogens with two attached hydrogens (primary N) is 1. The molecule has 0 aliphatic rings. The van der Waals surface area contributed by atoms with Gasteiger partial charge in [0.05, 0.1) is 10.4 Å². The molecular weight excluding hydrogens is 280 g/mol. The van der Waals surface area contributed by atoms with Crippen molar-refractivity contribution >= 4 is 29.7 Å². The van der Waals surface area contributed by atoms with E-state index in [2.05, 4.69) is 33.0 Å². The highest BCUT2D eigenvalue weighted by atomic mass is 35.5. The van der Waals surface area contributed by atoms with E-state index in [0.717, 1.165) is 24.1 Å². The summed E-state index contributed by atoms with van der Waals surface area (Å²) < 4.78 is 0. The molecular formula is C14H25ClN2OS. The number of nitrogens with one attached hydrogen (secondary N) is 1. The molecule has 0 saturated carbocycles. The number of carbonyl (C=O) groups is 1. The van der Waals surface area contributed by atoms with Crippen molar-refractivity contribution in [1.29, 1.82) is 0 Å². The van der Waals surface area contributed by atoms with Gasteiger partial charge in [-0.1, -0.05) is 20.8 Å². The van der Waals surface area contributed by atoms with Gasteiger partial charge in [0.1, 0.15) is 0 Å². The fourth-order valence-corrected chi connectivity index (χ4v) is 3.06. The van der Waals surface area contributed by atoms with Crippen LogP contribution < -0.4 is 11.1 Å². The molecule has 0 aliphatic carbocycles. The largest absolute Gasteiger partial charge is 0.345 e. The molecule has 0 saturated heterocycles. The maximum Gasteiger partial charge on any atom is 0.261 e. The van der Waals surface area contributed by atoms with Gasteiger partial charge >= 0.3 is 0 Å². The molecule has 0 spiro atoms. The van der Waals surface area contributed by atoms with E-state index in [9.17, 15) is 4.79 Å². The van der Waals surface area contributed by atoms with Gasteiger partial charge in [0.25, 0.3) is 5.91 Å². The number of hydrogen-bond donors (Lipinski definition) is 2. The molecule has 110 valence electrons. The molecule has 1 aromatic rings. The first-order chi connectivity index (χ1) is 8.51. The molecule has 0 radical (unpaired) electrons. The Morgan fingerprint density at radius 3 is 2.32 bits per heavy atom. The summed E-state index contributed by atoms with van der Waals surface area (Å²) in [5.74, 6) is 0.0111. The van der Waals surface area contributed by atoms with Gasteiger partial charge in [0.15, 0.2) is 0 Å². The standard InChI is InChI=1S/C14H24N2OS.ClH/c1-5-11-10(4)8-12(18-11)13(17)16-14(6-2,7-3)9-15;/h8H,5-7,9,15H2,1-4H3,(H,16,17);1H. The molecule has 0 aliphatic heterocycles. The third-order valence-electron chi connectivity index (χ3n) is 3.69. The van der Waals surface area contributed by atoms with Gasteiger partial charge in [-0.25, -0.2) is 0 Å². The lowest BCUT2D eigenvalue weighted by Crippen LogP contribution is -2.52. The molecule has 1 amide bonds. The molecule has 1 heterocycles. The molecule has 1 aromatic heterocycles. The Balaban J connectivity index is 0.00000324. The summed E-state index contributed by atoms with van der Waals surface area (Å²) in [6, 6.07) is 1.98. The maximum absolute atomic E-state index is 12.3. The van der Waals surface area contributed by atoms with Crippen molar-refractivity contribution in [2.75, 3.05) is 6.54 Å². The fourth-order valence-electron chi connectivity index (χ4n) is 2.05. The van der Waals surface area contributed by atoms with Crippen LogP contribution in [0.3, 0.4) is 0 Å². The smallest absolute Gasteiger partial charge is 0.261 e. The SMILES string of the molecule is CCc1sc(C(=O)NC(CC)(CC)CN)cc1C.Cl. The minimum absolute atomic E-state index is 0. The van der Waals surface area contributed by atoms with Crippen LogP contribution in [0.4, 0.5) is 0 Å². The summed E-state index contributed by atoms with van der Waals surface area (Å²) in [7, 11) is 0. The van der Waals surface area contributed by atoms with Crippen LogP contribution in [-0.4, -0.2) is 18.0 Å². The van der Waals surface area contributed by atoms with Gasteiger partial charge in [-0.05, 0) is 37.8 Å². The summed E-state index contributed by atoms with van der Waals surface area (Å²) in [5, 5.41) is 3.11. The van der Waals surface area contributed by atoms with Crippen molar-refractivity contribution < 1.29 is 4.79 Å². The lowest BCUT2D eigenvalue weighted by atomic mass is 9.93. The van der Waals surface area contributed by atoms with Gasteiger partial charge in [0, 0.05) is 11.4 Å². The lowest BCUT2D eigenvalue weighted by molar-refractivity contribution is 0.0899. The number of halogens is 1. The summed E-state index contributed by atoms with van der Waals surface area (Å²) in [5.41, 5.74) is 6.75. The van der Waals surface area contributed by atoms with Crippen molar-refractivity contribution in [3.05, 3.63) is 21.4 Å². The zero-order valence-corrected chi connectivity index (χ0v) is 13.8. The Hall–Kier alpha value is -0.580. The number of amides is 1. The van der Waals surface area contributed by atoms with Crippen molar-refractivity contribution in [1.82, 2.24) is 5.32 Å². The molecule has 0 bridgehead atoms. The Labute approximate surface area is 126 Å². The van der Waals surface area contributed by atoms with Crippen LogP contribution in [0.1, 0.15) is 53.7 Å². The first kappa shape index (κ1) is 18.4. The maximum atomic E-state index is 12.3. The first-order valence-corrected chi connectivity index (χ1v) is 7.45. The van der Waals surface area contributed by atoms with Crippen LogP contribution in [0.25, 0.3) is 0 Å². The van der Waals surface area contributed by atoms with E-state index in [-0.39, 0.29) is 23.9 Å². The topological polar surface area (TPSA) is 55.1 Å². The predicted molar refractivity (Wildman–Crippen MR) is 85.5 cm³/mol. The van der Waals surface area contributed by atoms with Crippen LogP contribution in [-0.2, 0) is 6.42 Å². The highest BCUT2D eigenvalue weighted by molar-refractivity contribution is 7.14. The van der Waals surface area contributed by atoms with E-state index < -0.39 is 0 Å². The molecule has 1 rings (SSSR count). The summed E-state index contributed by atoms with van der Waals surface area (Å²) >= 11 is 1.59. The number of hydrogen-bond acceptors (Lipinski definition) is 3. The van der Waals surface area contributed by atoms with E-state index in [4.69, 9.17) is 5.73 Å². The zero-order valence-electron chi connectivity index (χ0n) is 12.2. The van der Waals surface area contributed by atoms with Crippen LogP contribution in [0, 0.1) is 6.92 Å². The van der Waals surface area contributed by atoms with Crippen LogP contribution in [0.15, 0.2) is 6.07 Å². The highest BCUT2D eigenvalue weighted by Crippen LogP contribution is 2.23. The quantitative estimate of drug-likeness (QED) is 0.847. The van der Waals surface area contributed by atoms with Crippen molar-refractivity contribution in [3.63, 3.8) is 0 Å². The average Bonchev–Trinajstić information content (AvgIpc) is 2.77. The zero-order chi connectivity index (χ0) is 13.8. The van der Waals surface area contributed by atoms with Crippen LogP contribution in [0.2, 0.25) is 0 Å². The van der Waals surface area contributed by atoms with E-state index in [1.54, 1.807) is 11.3 Å². The molecule has 0 atom stereocenters. The van der Waals surface area contributed by atoms with Crippen LogP contribution >= 0.6 is 23.7 Å². The minimum Gasteiger partial charge on any atom is -0.345 e. The highest BCUT2D eigenvalue weighted by Gasteiger charge is 2.27. The second-order valence-electron chi connectivity index (χ2n) is 4.72. The molecule has 3 N–H and O–H groups in total. The average molecular weight is 305 g/mol. The Morgan fingerprint density at radius 1 is 1.37 bits per heavy atom. The second-order valence-corrected chi connectivity index (χ2v) is 5.85. The summed E-state index contributed by atoms with van der Waals surface area (Å²) in [6.45, 7) is 8.78. The number of rotatable bonds is 6. The van der Waals surface area contributed by atoms with Crippen LogP contribution in [0.5, 0.6) is 0 Å². The van der Waals surface area contributed by atoms with E-state index in [1.165, 1.54) is 10.4 Å². The number of carbonyl (C=O) groups excluding carboxylic acids is 1. The third-order valence-corrected chi connectivity index (χ3v) is 5.07. The first-order valence-electron chi connectivity index (χ1n) is 6.63. The van der Waals surface area contributed by atoms with Gasteiger partial charge in [-0.15, -0.1) is 23.7 Å². The van der Waals surface area contributed by atoms with Crippen molar-refractivity contribution in [3.8, 4) is 0 Å². The van der Waals surface area contributed by atoms with Crippen molar-refractivity contribution in [2.45, 2.75) is 52.5 Å². The normalized spacial score (nSPS) is 11.0. The Bertz CT molecular complexity index is 405. The number of aryl methyl sites for hydroxylation is 2. The monoisotopic (exact) mass is 304 g/mol. The molecule has 0 aromatic carbocycles.